The molecular formula is C24H24BrCl2NO3. The molecule has 7 heteroatoms. The molecule has 0 heterocycles. The first kappa shape index (κ1) is 23.7. The molecule has 0 aromatic heterocycles. The van der Waals surface area contributed by atoms with Gasteiger partial charge in [0.1, 0.15) is 12.4 Å². The van der Waals surface area contributed by atoms with Crippen LogP contribution >= 0.6 is 39.1 Å². The molecule has 3 rings (SSSR count). The molecule has 4 nitrogen and oxygen atoms in total. The molecule has 0 saturated carbocycles. The highest BCUT2D eigenvalue weighted by molar-refractivity contribution is 9.10. The molecule has 0 aliphatic rings. The molecule has 0 bridgehead atoms. The molecule has 0 aliphatic carbocycles. The van der Waals surface area contributed by atoms with Gasteiger partial charge < -0.3 is 19.5 Å². The molecule has 3 aromatic carbocycles. The van der Waals surface area contributed by atoms with E-state index in [1.54, 1.807) is 26.4 Å². The highest BCUT2D eigenvalue weighted by atomic mass is 79.9. The summed E-state index contributed by atoms with van der Waals surface area (Å²) < 4.78 is 17.9. The second kappa shape index (κ2) is 11.6. The third kappa shape index (κ3) is 6.53. The lowest BCUT2D eigenvalue weighted by Crippen LogP contribution is -2.17. The first-order chi connectivity index (χ1) is 15.0. The number of ether oxygens (including phenoxy) is 3. The fourth-order valence-corrected chi connectivity index (χ4v) is 3.91. The van der Waals surface area contributed by atoms with E-state index in [0.717, 1.165) is 34.3 Å². The summed E-state index contributed by atoms with van der Waals surface area (Å²) >= 11 is 15.7. The van der Waals surface area contributed by atoms with Gasteiger partial charge in [-0.15, -0.1) is 0 Å². The van der Waals surface area contributed by atoms with Gasteiger partial charge in [-0.25, -0.2) is 0 Å². The Hall–Kier alpha value is -1.92. The lowest BCUT2D eigenvalue weighted by Gasteiger charge is -2.15. The molecule has 0 fully saturated rings. The van der Waals surface area contributed by atoms with Crippen molar-refractivity contribution >= 4 is 39.1 Å². The molecule has 0 amide bonds. The van der Waals surface area contributed by atoms with Crippen molar-refractivity contribution in [2.45, 2.75) is 19.6 Å². The fraction of sp³-hybridized carbons (Fsp3) is 0.250. The second-order valence-corrected chi connectivity index (χ2v) is 8.54. The molecule has 0 aliphatic heterocycles. The molecule has 0 saturated heterocycles. The molecule has 0 spiro atoms. The quantitative estimate of drug-likeness (QED) is 0.300. The van der Waals surface area contributed by atoms with Crippen molar-refractivity contribution in [2.24, 2.45) is 0 Å². The first-order valence-electron chi connectivity index (χ1n) is 9.77. The van der Waals surface area contributed by atoms with Crippen LogP contribution in [0.4, 0.5) is 0 Å². The van der Waals surface area contributed by atoms with Gasteiger partial charge in [-0.1, -0.05) is 63.4 Å². The van der Waals surface area contributed by atoms with Crippen molar-refractivity contribution < 1.29 is 14.2 Å². The zero-order valence-corrected chi connectivity index (χ0v) is 20.5. The van der Waals surface area contributed by atoms with Crippen molar-refractivity contribution in [3.63, 3.8) is 0 Å². The highest BCUT2D eigenvalue weighted by Crippen LogP contribution is 2.34. The summed E-state index contributed by atoms with van der Waals surface area (Å²) in [6, 6.07) is 17.4. The summed E-state index contributed by atoms with van der Waals surface area (Å²) in [4.78, 5) is 0. The van der Waals surface area contributed by atoms with E-state index < -0.39 is 0 Å². The monoisotopic (exact) mass is 523 g/mol. The second-order valence-electron chi connectivity index (χ2n) is 6.87. The first-order valence-corrected chi connectivity index (χ1v) is 11.3. The van der Waals surface area contributed by atoms with Crippen LogP contribution in [0.1, 0.15) is 16.7 Å². The Labute approximate surface area is 201 Å². The van der Waals surface area contributed by atoms with Crippen LogP contribution in [0.5, 0.6) is 17.2 Å². The van der Waals surface area contributed by atoms with Gasteiger partial charge in [0.2, 0.25) is 0 Å². The summed E-state index contributed by atoms with van der Waals surface area (Å²) in [5.74, 6) is 2.23. The van der Waals surface area contributed by atoms with Gasteiger partial charge in [0, 0.05) is 11.0 Å². The van der Waals surface area contributed by atoms with Crippen LogP contribution in [0.2, 0.25) is 10.0 Å². The SMILES string of the molecule is COc1ccccc1CCNCc1cc(OC)c(OCc2ccc(Cl)c(Cl)c2)cc1Br. The maximum atomic E-state index is 6.08. The van der Waals surface area contributed by atoms with Crippen LogP contribution in [0.3, 0.4) is 0 Å². The standard InChI is InChI=1S/C24H24BrCl2NO3/c1-29-22-6-4-3-5-17(22)9-10-28-14-18-12-23(30-2)24(13-19(18)25)31-15-16-7-8-20(26)21(27)11-16/h3-8,11-13,28H,9-10,14-15H2,1-2H3. The maximum Gasteiger partial charge on any atom is 0.162 e. The van der Waals surface area contributed by atoms with Gasteiger partial charge in [0.05, 0.1) is 24.3 Å². The van der Waals surface area contributed by atoms with Crippen LogP contribution in [0.15, 0.2) is 59.1 Å². The van der Waals surface area contributed by atoms with E-state index in [2.05, 4.69) is 27.3 Å². The normalized spacial score (nSPS) is 10.7. The van der Waals surface area contributed by atoms with E-state index in [1.807, 2.05) is 36.4 Å². The van der Waals surface area contributed by atoms with Crippen molar-refractivity contribution in [1.82, 2.24) is 5.32 Å². The van der Waals surface area contributed by atoms with Gasteiger partial charge >= 0.3 is 0 Å². The number of rotatable bonds is 10. The van der Waals surface area contributed by atoms with Crippen LogP contribution in [-0.4, -0.2) is 20.8 Å². The summed E-state index contributed by atoms with van der Waals surface area (Å²) in [5.41, 5.74) is 3.19. The fourth-order valence-electron chi connectivity index (χ4n) is 3.13. The molecule has 31 heavy (non-hydrogen) atoms. The lowest BCUT2D eigenvalue weighted by molar-refractivity contribution is 0.284. The number of para-hydroxylation sites is 1. The van der Waals surface area contributed by atoms with Crippen molar-refractivity contribution in [1.29, 1.82) is 0 Å². The van der Waals surface area contributed by atoms with E-state index in [0.29, 0.717) is 34.7 Å². The zero-order valence-electron chi connectivity index (χ0n) is 17.4. The van der Waals surface area contributed by atoms with E-state index in [9.17, 15) is 0 Å². The van der Waals surface area contributed by atoms with Crippen molar-refractivity contribution in [3.8, 4) is 17.2 Å². The predicted octanol–water partition coefficient (Wildman–Crippen LogP) is 6.68. The van der Waals surface area contributed by atoms with Gasteiger partial charge in [-0.05, 0) is 60.0 Å². The predicted molar refractivity (Wildman–Crippen MR) is 130 cm³/mol. The number of benzene rings is 3. The van der Waals surface area contributed by atoms with E-state index >= 15 is 0 Å². The minimum absolute atomic E-state index is 0.357. The molecule has 164 valence electrons. The van der Waals surface area contributed by atoms with E-state index in [-0.39, 0.29) is 0 Å². The highest BCUT2D eigenvalue weighted by Gasteiger charge is 2.11. The topological polar surface area (TPSA) is 39.7 Å². The van der Waals surface area contributed by atoms with Gasteiger partial charge in [0.25, 0.3) is 0 Å². The van der Waals surface area contributed by atoms with Crippen LogP contribution in [0, 0.1) is 0 Å². The molecule has 0 unspecified atom stereocenters. The Morgan fingerprint density at radius 1 is 0.839 bits per heavy atom. The Bertz CT molecular complexity index is 1030. The number of hydrogen-bond donors (Lipinski definition) is 1. The van der Waals surface area contributed by atoms with Crippen LogP contribution in [0.25, 0.3) is 0 Å². The van der Waals surface area contributed by atoms with E-state index in [1.165, 1.54) is 5.56 Å². The molecule has 0 radical (unpaired) electrons. The summed E-state index contributed by atoms with van der Waals surface area (Å²) in [6.45, 7) is 1.88. The summed E-state index contributed by atoms with van der Waals surface area (Å²) in [6.07, 6.45) is 0.879. The maximum absolute atomic E-state index is 6.08. The van der Waals surface area contributed by atoms with Crippen LogP contribution < -0.4 is 19.5 Å². The minimum atomic E-state index is 0.357. The number of nitrogens with one attached hydrogen (secondary N) is 1. The minimum Gasteiger partial charge on any atom is -0.496 e. The van der Waals surface area contributed by atoms with Gasteiger partial charge in [-0.3, -0.25) is 0 Å². The Morgan fingerprint density at radius 2 is 1.61 bits per heavy atom. The van der Waals surface area contributed by atoms with Crippen molar-refractivity contribution in [2.75, 3.05) is 20.8 Å². The number of hydrogen-bond acceptors (Lipinski definition) is 4. The van der Waals surface area contributed by atoms with Crippen molar-refractivity contribution in [3.05, 3.63) is 85.8 Å². The Morgan fingerprint density at radius 3 is 2.35 bits per heavy atom. The van der Waals surface area contributed by atoms with Gasteiger partial charge in [0.15, 0.2) is 11.5 Å². The number of methoxy groups -OCH3 is 2. The third-order valence-electron chi connectivity index (χ3n) is 4.79. The van der Waals surface area contributed by atoms with Crippen LogP contribution in [-0.2, 0) is 19.6 Å². The Balaban J connectivity index is 1.60. The van der Waals surface area contributed by atoms with E-state index in [4.69, 9.17) is 37.4 Å². The summed E-state index contributed by atoms with van der Waals surface area (Å²) in [7, 11) is 3.33. The average molecular weight is 525 g/mol. The molecule has 1 N–H and O–H groups in total. The molecule has 3 aromatic rings. The number of halogens is 3. The largest absolute Gasteiger partial charge is 0.496 e. The Kier molecular flexibility index (Phi) is 8.90. The molecular weight excluding hydrogens is 501 g/mol. The smallest absolute Gasteiger partial charge is 0.162 e. The van der Waals surface area contributed by atoms with Gasteiger partial charge in [-0.2, -0.15) is 0 Å². The molecule has 0 atom stereocenters. The summed E-state index contributed by atoms with van der Waals surface area (Å²) in [5, 5.41) is 4.50. The average Bonchev–Trinajstić information content (AvgIpc) is 2.78. The zero-order chi connectivity index (χ0) is 22.2. The lowest BCUT2D eigenvalue weighted by atomic mass is 10.1. The third-order valence-corrected chi connectivity index (χ3v) is 6.27.